The topological polar surface area (TPSA) is 52.6 Å². The van der Waals surface area contributed by atoms with Gasteiger partial charge in [0, 0.05) is 0 Å². The number of ether oxygens (including phenoxy) is 2. The lowest BCUT2D eigenvalue weighted by molar-refractivity contribution is -0.157. The Labute approximate surface area is 78.2 Å². The van der Waals surface area contributed by atoms with Crippen molar-refractivity contribution in [1.29, 1.82) is 0 Å². The lowest BCUT2D eigenvalue weighted by Crippen LogP contribution is -2.27. The summed E-state index contributed by atoms with van der Waals surface area (Å²) in [4.78, 5) is 22.2. The lowest BCUT2D eigenvalue weighted by atomic mass is 9.96. The van der Waals surface area contributed by atoms with Gasteiger partial charge >= 0.3 is 11.9 Å². The molecular weight excluding hydrogens is 172 g/mol. The van der Waals surface area contributed by atoms with Crippen molar-refractivity contribution in [2.24, 2.45) is 11.8 Å². The van der Waals surface area contributed by atoms with Crippen molar-refractivity contribution in [3.63, 3.8) is 0 Å². The molecule has 2 unspecified atom stereocenters. The van der Waals surface area contributed by atoms with Crippen LogP contribution in [0.2, 0.25) is 0 Å². The molecule has 4 nitrogen and oxygen atoms in total. The maximum Gasteiger partial charge on any atom is 0.309 e. The van der Waals surface area contributed by atoms with Gasteiger partial charge < -0.3 is 9.47 Å². The highest BCUT2D eigenvalue weighted by Crippen LogP contribution is 2.13. The molecular formula is C9H16O4. The molecule has 0 aliphatic carbocycles. The zero-order chi connectivity index (χ0) is 10.4. The number of hydrogen-bond donors (Lipinski definition) is 0. The molecule has 0 saturated carbocycles. The van der Waals surface area contributed by atoms with Crippen molar-refractivity contribution < 1.29 is 19.1 Å². The fraction of sp³-hybridized carbons (Fsp3) is 0.778. The number of esters is 2. The molecule has 0 amide bonds. The largest absolute Gasteiger partial charge is 0.469 e. The van der Waals surface area contributed by atoms with Gasteiger partial charge in [-0.15, -0.1) is 0 Å². The van der Waals surface area contributed by atoms with Crippen molar-refractivity contribution in [1.82, 2.24) is 0 Å². The molecule has 0 rings (SSSR count). The van der Waals surface area contributed by atoms with Gasteiger partial charge in [0.25, 0.3) is 0 Å². The highest BCUT2D eigenvalue weighted by molar-refractivity contribution is 5.81. The third-order valence-corrected chi connectivity index (χ3v) is 1.98. The Hall–Kier alpha value is -1.06. The van der Waals surface area contributed by atoms with Crippen LogP contribution < -0.4 is 0 Å². The summed E-state index contributed by atoms with van der Waals surface area (Å²) in [5, 5.41) is 0. The van der Waals surface area contributed by atoms with E-state index in [0.29, 0.717) is 6.61 Å². The summed E-state index contributed by atoms with van der Waals surface area (Å²) in [6.45, 7) is 5.36. The van der Waals surface area contributed by atoms with E-state index in [-0.39, 0.29) is 11.9 Å². The summed E-state index contributed by atoms with van der Waals surface area (Å²) in [5.74, 6) is -1.66. The van der Waals surface area contributed by atoms with Crippen LogP contribution in [0.1, 0.15) is 20.8 Å². The van der Waals surface area contributed by atoms with E-state index in [1.165, 1.54) is 7.11 Å². The number of rotatable bonds is 4. The highest BCUT2D eigenvalue weighted by atomic mass is 16.5. The first-order valence-electron chi connectivity index (χ1n) is 4.29. The predicted octanol–water partition coefficient (Wildman–Crippen LogP) is 0.995. The van der Waals surface area contributed by atoms with E-state index in [1.54, 1.807) is 20.8 Å². The summed E-state index contributed by atoms with van der Waals surface area (Å²) in [5.41, 5.74) is 0. The lowest BCUT2D eigenvalue weighted by Gasteiger charge is -2.15. The van der Waals surface area contributed by atoms with Gasteiger partial charge in [0.1, 0.15) is 0 Å². The van der Waals surface area contributed by atoms with Crippen molar-refractivity contribution >= 4 is 11.9 Å². The standard InChI is InChI=1S/C9H16O4/c1-5-13-9(11)7(3)6(2)8(10)12-4/h6-7H,5H2,1-4H3. The van der Waals surface area contributed by atoms with Crippen LogP contribution in [-0.2, 0) is 19.1 Å². The molecule has 2 atom stereocenters. The van der Waals surface area contributed by atoms with Crippen LogP contribution in [0.15, 0.2) is 0 Å². The van der Waals surface area contributed by atoms with Gasteiger partial charge in [-0.25, -0.2) is 0 Å². The first kappa shape index (κ1) is 11.9. The quantitative estimate of drug-likeness (QED) is 0.617. The van der Waals surface area contributed by atoms with E-state index in [4.69, 9.17) is 4.74 Å². The van der Waals surface area contributed by atoms with Gasteiger partial charge in [-0.05, 0) is 6.92 Å². The molecule has 0 aliphatic heterocycles. The molecule has 0 aromatic rings. The molecule has 4 heteroatoms. The van der Waals surface area contributed by atoms with Gasteiger partial charge in [-0.3, -0.25) is 9.59 Å². The van der Waals surface area contributed by atoms with Crippen molar-refractivity contribution in [3.8, 4) is 0 Å². The Balaban J connectivity index is 4.16. The second kappa shape index (κ2) is 5.56. The highest BCUT2D eigenvalue weighted by Gasteiger charge is 2.27. The Morgan fingerprint density at radius 1 is 1.15 bits per heavy atom. The Bertz CT molecular complexity index is 188. The van der Waals surface area contributed by atoms with Crippen LogP contribution >= 0.6 is 0 Å². The maximum absolute atomic E-state index is 11.2. The third-order valence-electron chi connectivity index (χ3n) is 1.98. The molecule has 0 bridgehead atoms. The van der Waals surface area contributed by atoms with Crippen LogP contribution in [-0.4, -0.2) is 25.7 Å². The molecule has 0 spiro atoms. The van der Waals surface area contributed by atoms with Gasteiger partial charge in [-0.2, -0.15) is 0 Å². The fourth-order valence-corrected chi connectivity index (χ4v) is 0.868. The minimum absolute atomic E-state index is 0.330. The van der Waals surface area contributed by atoms with Gasteiger partial charge in [0.05, 0.1) is 25.6 Å². The van der Waals surface area contributed by atoms with E-state index in [1.807, 2.05) is 0 Å². The minimum atomic E-state index is -0.455. The zero-order valence-corrected chi connectivity index (χ0v) is 8.49. The number of carbonyl (C=O) groups is 2. The normalized spacial score (nSPS) is 14.5. The van der Waals surface area contributed by atoms with E-state index in [2.05, 4.69) is 4.74 Å². The average molecular weight is 188 g/mol. The van der Waals surface area contributed by atoms with Gasteiger partial charge in [0.15, 0.2) is 0 Å². The maximum atomic E-state index is 11.2. The number of carbonyl (C=O) groups excluding carboxylic acids is 2. The molecule has 76 valence electrons. The minimum Gasteiger partial charge on any atom is -0.469 e. The van der Waals surface area contributed by atoms with E-state index >= 15 is 0 Å². The average Bonchev–Trinajstić information content (AvgIpc) is 2.14. The van der Waals surface area contributed by atoms with Gasteiger partial charge in [0.2, 0.25) is 0 Å². The third kappa shape index (κ3) is 3.44. The molecule has 0 N–H and O–H groups in total. The fourth-order valence-electron chi connectivity index (χ4n) is 0.868. The monoisotopic (exact) mass is 188 g/mol. The van der Waals surface area contributed by atoms with Crippen LogP contribution in [0.3, 0.4) is 0 Å². The smallest absolute Gasteiger partial charge is 0.309 e. The zero-order valence-electron chi connectivity index (χ0n) is 8.49. The first-order valence-corrected chi connectivity index (χ1v) is 4.29. The van der Waals surface area contributed by atoms with E-state index < -0.39 is 11.8 Å². The van der Waals surface area contributed by atoms with Gasteiger partial charge in [-0.1, -0.05) is 13.8 Å². The number of methoxy groups -OCH3 is 1. The van der Waals surface area contributed by atoms with Crippen molar-refractivity contribution in [2.75, 3.05) is 13.7 Å². The summed E-state index contributed by atoms with van der Waals surface area (Å²) in [7, 11) is 1.30. The van der Waals surface area contributed by atoms with Crippen LogP contribution in [0.25, 0.3) is 0 Å². The van der Waals surface area contributed by atoms with E-state index in [0.717, 1.165) is 0 Å². The molecule has 0 saturated heterocycles. The first-order chi connectivity index (χ1) is 6.04. The van der Waals surface area contributed by atoms with Crippen LogP contribution in [0, 0.1) is 11.8 Å². The predicted molar refractivity (Wildman–Crippen MR) is 47.0 cm³/mol. The Morgan fingerprint density at radius 2 is 1.62 bits per heavy atom. The second-order valence-corrected chi connectivity index (χ2v) is 2.85. The molecule has 0 aromatic carbocycles. The van der Waals surface area contributed by atoms with Crippen molar-refractivity contribution in [2.45, 2.75) is 20.8 Å². The van der Waals surface area contributed by atoms with Crippen LogP contribution in [0.5, 0.6) is 0 Å². The van der Waals surface area contributed by atoms with E-state index in [9.17, 15) is 9.59 Å². The summed E-state index contributed by atoms with van der Waals surface area (Å²) < 4.78 is 9.29. The Kier molecular flexibility index (Phi) is 5.11. The SMILES string of the molecule is CCOC(=O)C(C)C(C)C(=O)OC. The molecule has 0 heterocycles. The Morgan fingerprint density at radius 3 is 2.00 bits per heavy atom. The summed E-state index contributed by atoms with van der Waals surface area (Å²) >= 11 is 0. The molecule has 13 heavy (non-hydrogen) atoms. The number of hydrogen-bond acceptors (Lipinski definition) is 4. The molecule has 0 aromatic heterocycles. The van der Waals surface area contributed by atoms with Crippen LogP contribution in [0.4, 0.5) is 0 Å². The summed E-state index contributed by atoms with van der Waals surface area (Å²) in [6.07, 6.45) is 0. The second-order valence-electron chi connectivity index (χ2n) is 2.85. The molecule has 0 fully saturated rings. The molecule has 0 radical (unpaired) electrons. The van der Waals surface area contributed by atoms with Crippen molar-refractivity contribution in [3.05, 3.63) is 0 Å². The summed E-state index contributed by atoms with van der Waals surface area (Å²) in [6, 6.07) is 0. The molecule has 0 aliphatic rings.